The van der Waals surface area contributed by atoms with Gasteiger partial charge >= 0.3 is 0 Å². The molecule has 2 rings (SSSR count). The Hall–Kier alpha value is 0.0500. The molecule has 0 aliphatic carbocycles. The number of rotatable bonds is 2. The number of nitrogens with zero attached hydrogens (tertiary/aromatic N) is 1. The quantitative estimate of drug-likeness (QED) is 0.722. The van der Waals surface area contributed by atoms with Crippen molar-refractivity contribution in [1.82, 2.24) is 4.90 Å². The van der Waals surface area contributed by atoms with E-state index < -0.39 is 0 Å². The van der Waals surface area contributed by atoms with Crippen LogP contribution in [-0.4, -0.2) is 18.0 Å². The van der Waals surface area contributed by atoms with Gasteiger partial charge in [-0.3, -0.25) is 4.90 Å². The van der Waals surface area contributed by atoms with Gasteiger partial charge in [0.2, 0.25) is 0 Å². The Morgan fingerprint density at radius 1 is 1.07 bits per heavy atom. The predicted molar refractivity (Wildman–Crippen MR) is 66.0 cm³/mol. The van der Waals surface area contributed by atoms with Crippen LogP contribution in [0.15, 0.2) is 12.1 Å². The van der Waals surface area contributed by atoms with Crippen LogP contribution in [0.25, 0.3) is 0 Å². The molecule has 0 unspecified atom stereocenters. The maximum atomic E-state index is 6.13. The minimum absolute atomic E-state index is 0.540. The van der Waals surface area contributed by atoms with E-state index in [1.54, 1.807) is 6.07 Å². The molecular weight excluding hydrogens is 252 g/mol. The van der Waals surface area contributed by atoms with Crippen LogP contribution in [0.5, 0.6) is 0 Å². The summed E-state index contributed by atoms with van der Waals surface area (Å²) in [6.45, 7) is 3.13. The van der Waals surface area contributed by atoms with Gasteiger partial charge in [-0.2, -0.15) is 0 Å². The normalized spacial score (nSPS) is 17.3. The zero-order valence-electron chi connectivity index (χ0n) is 8.27. The molecule has 1 aliphatic heterocycles. The van der Waals surface area contributed by atoms with E-state index in [1.807, 2.05) is 6.07 Å². The minimum atomic E-state index is 0.540. The molecule has 0 aromatic heterocycles. The summed E-state index contributed by atoms with van der Waals surface area (Å²) in [5.41, 5.74) is 1.02. The molecule has 1 fully saturated rings. The van der Waals surface area contributed by atoms with E-state index >= 15 is 0 Å². The van der Waals surface area contributed by atoms with Crippen molar-refractivity contribution in [3.8, 4) is 0 Å². The van der Waals surface area contributed by atoms with Crippen molar-refractivity contribution in [3.05, 3.63) is 32.8 Å². The maximum absolute atomic E-state index is 6.13. The fourth-order valence-corrected chi connectivity index (χ4v) is 2.61. The van der Waals surface area contributed by atoms with E-state index in [1.165, 1.54) is 12.8 Å². The number of hydrogen-bond acceptors (Lipinski definition) is 1. The van der Waals surface area contributed by atoms with Gasteiger partial charge in [-0.05, 0) is 43.6 Å². The van der Waals surface area contributed by atoms with Gasteiger partial charge in [-0.1, -0.05) is 34.8 Å². The summed E-state index contributed by atoms with van der Waals surface area (Å²) in [5.74, 6) is 0. The lowest BCUT2D eigenvalue weighted by atomic mass is 10.2. The van der Waals surface area contributed by atoms with Crippen LogP contribution < -0.4 is 0 Å². The number of benzene rings is 1. The Kier molecular flexibility index (Phi) is 3.78. The number of halogens is 3. The average Bonchev–Trinajstić information content (AvgIpc) is 2.66. The summed E-state index contributed by atoms with van der Waals surface area (Å²) in [7, 11) is 0. The van der Waals surface area contributed by atoms with Crippen molar-refractivity contribution in [2.75, 3.05) is 13.1 Å². The van der Waals surface area contributed by atoms with Crippen LogP contribution in [0, 0.1) is 0 Å². The van der Waals surface area contributed by atoms with E-state index in [9.17, 15) is 0 Å². The fraction of sp³-hybridized carbons (Fsp3) is 0.455. The first-order chi connectivity index (χ1) is 7.16. The summed E-state index contributed by atoms with van der Waals surface area (Å²) in [5, 5.41) is 1.82. The highest BCUT2D eigenvalue weighted by atomic mass is 35.5. The SMILES string of the molecule is Clc1cc(Cl)c(Cl)c(CN2CCCC2)c1. The van der Waals surface area contributed by atoms with E-state index in [0.29, 0.717) is 15.1 Å². The van der Waals surface area contributed by atoms with E-state index in [4.69, 9.17) is 34.8 Å². The average molecular weight is 265 g/mol. The van der Waals surface area contributed by atoms with E-state index in [2.05, 4.69) is 4.90 Å². The fourth-order valence-electron chi connectivity index (χ4n) is 1.91. The Bertz CT molecular complexity index is 359. The van der Waals surface area contributed by atoms with Crippen molar-refractivity contribution in [3.63, 3.8) is 0 Å². The second kappa shape index (κ2) is 4.92. The van der Waals surface area contributed by atoms with Crippen molar-refractivity contribution in [2.24, 2.45) is 0 Å². The monoisotopic (exact) mass is 263 g/mol. The van der Waals surface area contributed by atoms with Crippen LogP contribution in [0.3, 0.4) is 0 Å². The third kappa shape index (κ3) is 2.79. The zero-order chi connectivity index (χ0) is 10.8. The first kappa shape index (κ1) is 11.5. The van der Waals surface area contributed by atoms with Gasteiger partial charge in [-0.25, -0.2) is 0 Å². The second-order valence-corrected chi connectivity index (χ2v) is 5.07. The van der Waals surface area contributed by atoms with Crippen LogP contribution in [-0.2, 0) is 6.54 Å². The highest BCUT2D eigenvalue weighted by molar-refractivity contribution is 6.43. The molecule has 1 heterocycles. The molecule has 0 spiro atoms. The maximum Gasteiger partial charge on any atom is 0.0638 e. The molecule has 0 amide bonds. The lowest BCUT2D eigenvalue weighted by Gasteiger charge is -2.16. The molecular formula is C11H12Cl3N. The Balaban J connectivity index is 2.19. The second-order valence-electron chi connectivity index (χ2n) is 3.84. The highest BCUT2D eigenvalue weighted by Gasteiger charge is 2.15. The topological polar surface area (TPSA) is 3.24 Å². The standard InChI is InChI=1S/C11H12Cl3N/c12-9-5-8(11(14)10(13)6-9)7-15-3-1-2-4-15/h5-6H,1-4,7H2. The molecule has 15 heavy (non-hydrogen) atoms. The van der Waals surface area contributed by atoms with Gasteiger partial charge < -0.3 is 0 Å². The van der Waals surface area contributed by atoms with Crippen LogP contribution in [0.4, 0.5) is 0 Å². The molecule has 0 atom stereocenters. The Labute approximate surface area is 105 Å². The molecule has 1 saturated heterocycles. The minimum Gasteiger partial charge on any atom is -0.299 e. The summed E-state index contributed by atoms with van der Waals surface area (Å²) in [6, 6.07) is 3.58. The van der Waals surface area contributed by atoms with Gasteiger partial charge in [0.05, 0.1) is 10.0 Å². The van der Waals surface area contributed by atoms with Gasteiger partial charge in [-0.15, -0.1) is 0 Å². The molecule has 82 valence electrons. The van der Waals surface area contributed by atoms with Gasteiger partial charge in [0.25, 0.3) is 0 Å². The largest absolute Gasteiger partial charge is 0.299 e. The van der Waals surface area contributed by atoms with Crippen molar-refractivity contribution >= 4 is 34.8 Å². The molecule has 0 N–H and O–H groups in total. The predicted octanol–water partition coefficient (Wildman–Crippen LogP) is 4.24. The zero-order valence-corrected chi connectivity index (χ0v) is 10.5. The third-order valence-electron chi connectivity index (χ3n) is 2.66. The van der Waals surface area contributed by atoms with Crippen molar-refractivity contribution < 1.29 is 0 Å². The van der Waals surface area contributed by atoms with Crippen LogP contribution in [0.2, 0.25) is 15.1 Å². The van der Waals surface area contributed by atoms with E-state index in [0.717, 1.165) is 25.2 Å². The first-order valence-corrected chi connectivity index (χ1v) is 6.16. The van der Waals surface area contributed by atoms with Crippen LogP contribution in [0.1, 0.15) is 18.4 Å². The van der Waals surface area contributed by atoms with Crippen molar-refractivity contribution in [2.45, 2.75) is 19.4 Å². The van der Waals surface area contributed by atoms with Gasteiger partial charge in [0.15, 0.2) is 0 Å². The number of likely N-dealkylation sites (tertiary alicyclic amines) is 1. The molecule has 1 aromatic rings. The summed E-state index contributed by atoms with van der Waals surface area (Å²) >= 11 is 18.0. The Morgan fingerprint density at radius 3 is 2.40 bits per heavy atom. The first-order valence-electron chi connectivity index (χ1n) is 5.02. The molecule has 1 aromatic carbocycles. The molecule has 0 saturated carbocycles. The lowest BCUT2D eigenvalue weighted by molar-refractivity contribution is 0.331. The van der Waals surface area contributed by atoms with Crippen molar-refractivity contribution in [1.29, 1.82) is 0 Å². The lowest BCUT2D eigenvalue weighted by Crippen LogP contribution is -2.18. The summed E-state index contributed by atoms with van der Waals surface area (Å²) in [4.78, 5) is 2.37. The molecule has 1 nitrogen and oxygen atoms in total. The Morgan fingerprint density at radius 2 is 1.73 bits per heavy atom. The third-order valence-corrected chi connectivity index (χ3v) is 3.72. The molecule has 0 radical (unpaired) electrons. The van der Waals surface area contributed by atoms with Gasteiger partial charge in [0.1, 0.15) is 0 Å². The smallest absolute Gasteiger partial charge is 0.0638 e. The molecule has 1 aliphatic rings. The summed E-state index contributed by atoms with van der Waals surface area (Å²) < 4.78 is 0. The van der Waals surface area contributed by atoms with Crippen LogP contribution >= 0.6 is 34.8 Å². The molecule has 4 heteroatoms. The van der Waals surface area contributed by atoms with Gasteiger partial charge in [0, 0.05) is 11.6 Å². The van der Waals surface area contributed by atoms with E-state index in [-0.39, 0.29) is 0 Å². The molecule has 0 bridgehead atoms. The highest BCUT2D eigenvalue weighted by Crippen LogP contribution is 2.31. The number of hydrogen-bond donors (Lipinski definition) is 0. The summed E-state index contributed by atoms with van der Waals surface area (Å²) in [6.07, 6.45) is 2.54.